The summed E-state index contributed by atoms with van der Waals surface area (Å²) in [7, 11) is 0. The number of thiol groups is 1. The van der Waals surface area contributed by atoms with Crippen LogP contribution in [0.25, 0.3) is 0 Å². The van der Waals surface area contributed by atoms with Crippen molar-refractivity contribution in [3.05, 3.63) is 0 Å². The minimum atomic E-state index is -0.0843. The number of nitrogens with one attached hydrogen (secondary N) is 1. The highest BCUT2D eigenvalue weighted by Gasteiger charge is 2.05. The summed E-state index contributed by atoms with van der Waals surface area (Å²) >= 11 is 3.99. The number of carbonyl (C=O) groups is 2. The van der Waals surface area contributed by atoms with E-state index < -0.39 is 0 Å². The lowest BCUT2D eigenvalue weighted by Gasteiger charge is -2.05. The molecule has 0 rings (SSSR count). The average Bonchev–Trinajstić information content (AvgIpc) is 2.26. The fraction of sp³-hybridized carbons (Fsp3) is 0.818. The van der Waals surface area contributed by atoms with Crippen molar-refractivity contribution < 1.29 is 14.3 Å². The number of carbonyl (C=O) groups excluding carboxylic acids is 2. The van der Waals surface area contributed by atoms with E-state index in [4.69, 9.17) is 4.74 Å². The van der Waals surface area contributed by atoms with Crippen molar-refractivity contribution in [3.63, 3.8) is 0 Å². The van der Waals surface area contributed by atoms with Crippen molar-refractivity contribution in [1.29, 1.82) is 0 Å². The quantitative estimate of drug-likeness (QED) is 0.450. The molecular weight excluding hydrogens is 226 g/mol. The van der Waals surface area contributed by atoms with Gasteiger partial charge in [0.05, 0.1) is 13.2 Å². The van der Waals surface area contributed by atoms with Crippen molar-refractivity contribution in [2.75, 3.05) is 25.5 Å². The second-order valence-corrected chi connectivity index (χ2v) is 3.92. The summed E-state index contributed by atoms with van der Waals surface area (Å²) in [6, 6.07) is 0. The van der Waals surface area contributed by atoms with Gasteiger partial charge in [-0.25, -0.2) is 0 Å². The van der Waals surface area contributed by atoms with Crippen LogP contribution < -0.4 is 5.32 Å². The summed E-state index contributed by atoms with van der Waals surface area (Å²) in [5.41, 5.74) is 0. The molecule has 16 heavy (non-hydrogen) atoms. The second-order valence-electron chi connectivity index (χ2n) is 3.47. The summed E-state index contributed by atoms with van der Waals surface area (Å²) in [6.07, 6.45) is 2.04. The molecule has 5 heteroatoms. The molecule has 0 fully saturated rings. The molecule has 0 saturated carbocycles. The lowest BCUT2D eigenvalue weighted by molar-refractivity contribution is -0.125. The predicted molar refractivity (Wildman–Crippen MR) is 66.8 cm³/mol. The Balaban J connectivity index is 3.34. The largest absolute Gasteiger partial charge is 0.379 e. The molecule has 0 aromatic rings. The first-order valence-corrected chi connectivity index (χ1v) is 6.31. The highest BCUT2D eigenvalue weighted by Crippen LogP contribution is 1.97. The van der Waals surface area contributed by atoms with Crippen LogP contribution in [0.3, 0.4) is 0 Å². The van der Waals surface area contributed by atoms with Crippen LogP contribution in [0.15, 0.2) is 0 Å². The smallest absolute Gasteiger partial charge is 0.220 e. The standard InChI is InChI=1S/C11H21NO3S/c1-2-3-10(13)4-5-11(14)12-6-7-15-8-9-16/h16H,2-9H2,1H3,(H,12,14). The molecule has 0 aromatic carbocycles. The Labute approximate surface area is 103 Å². The van der Waals surface area contributed by atoms with E-state index in [1.807, 2.05) is 6.92 Å². The lowest BCUT2D eigenvalue weighted by atomic mass is 10.1. The third kappa shape index (κ3) is 9.98. The average molecular weight is 247 g/mol. The molecule has 0 aliphatic rings. The van der Waals surface area contributed by atoms with Gasteiger partial charge in [-0.1, -0.05) is 6.92 Å². The Kier molecular flexibility index (Phi) is 10.6. The molecule has 0 bridgehead atoms. The van der Waals surface area contributed by atoms with Crippen molar-refractivity contribution in [2.45, 2.75) is 32.6 Å². The summed E-state index contributed by atoms with van der Waals surface area (Å²) in [4.78, 5) is 22.4. The minimum absolute atomic E-state index is 0.0843. The number of Topliss-reactive ketones (excluding diaryl/α,β-unsaturated/α-hetero) is 1. The first-order chi connectivity index (χ1) is 7.70. The van der Waals surface area contributed by atoms with E-state index in [0.717, 1.165) is 6.42 Å². The van der Waals surface area contributed by atoms with E-state index in [2.05, 4.69) is 17.9 Å². The van der Waals surface area contributed by atoms with Gasteiger partial charge in [0, 0.05) is 31.6 Å². The van der Waals surface area contributed by atoms with E-state index in [0.29, 0.717) is 38.4 Å². The van der Waals surface area contributed by atoms with Gasteiger partial charge < -0.3 is 10.1 Å². The maximum atomic E-state index is 11.3. The summed E-state index contributed by atoms with van der Waals surface area (Å²) < 4.78 is 5.14. The molecule has 0 atom stereocenters. The zero-order chi connectivity index (χ0) is 12.2. The van der Waals surface area contributed by atoms with E-state index in [1.54, 1.807) is 0 Å². The van der Waals surface area contributed by atoms with Crippen molar-refractivity contribution in [3.8, 4) is 0 Å². The summed E-state index contributed by atoms with van der Waals surface area (Å²) in [6.45, 7) is 3.54. The van der Waals surface area contributed by atoms with E-state index >= 15 is 0 Å². The molecular formula is C11H21NO3S. The van der Waals surface area contributed by atoms with E-state index in [1.165, 1.54) is 0 Å². The summed E-state index contributed by atoms with van der Waals surface area (Å²) in [5.74, 6) is 0.752. The van der Waals surface area contributed by atoms with Crippen LogP contribution >= 0.6 is 12.6 Å². The Morgan fingerprint density at radius 2 is 1.94 bits per heavy atom. The maximum absolute atomic E-state index is 11.3. The van der Waals surface area contributed by atoms with Gasteiger partial charge in [-0.05, 0) is 6.42 Å². The normalized spacial score (nSPS) is 10.1. The monoisotopic (exact) mass is 247 g/mol. The molecule has 0 heterocycles. The van der Waals surface area contributed by atoms with Crippen LogP contribution in [0, 0.1) is 0 Å². The summed E-state index contributed by atoms with van der Waals surface area (Å²) in [5, 5.41) is 2.70. The topological polar surface area (TPSA) is 55.4 Å². The van der Waals surface area contributed by atoms with E-state index in [9.17, 15) is 9.59 Å². The van der Waals surface area contributed by atoms with Gasteiger partial charge in [0.1, 0.15) is 5.78 Å². The van der Waals surface area contributed by atoms with Crippen molar-refractivity contribution in [1.82, 2.24) is 5.32 Å². The number of ketones is 1. The van der Waals surface area contributed by atoms with Crippen molar-refractivity contribution >= 4 is 24.3 Å². The SMILES string of the molecule is CCCC(=O)CCC(=O)NCCOCCS. The lowest BCUT2D eigenvalue weighted by Crippen LogP contribution is -2.27. The third-order valence-corrected chi connectivity index (χ3v) is 2.15. The highest BCUT2D eigenvalue weighted by atomic mass is 32.1. The molecule has 0 aliphatic carbocycles. The molecule has 4 nitrogen and oxygen atoms in total. The Morgan fingerprint density at radius 1 is 1.19 bits per heavy atom. The van der Waals surface area contributed by atoms with Gasteiger partial charge in [0.15, 0.2) is 0 Å². The molecule has 0 radical (unpaired) electrons. The van der Waals surface area contributed by atoms with Crippen LogP contribution in [0.4, 0.5) is 0 Å². The number of hydrogen-bond acceptors (Lipinski definition) is 4. The predicted octanol–water partition coefficient (Wildman–Crippen LogP) is 1.20. The first kappa shape index (κ1) is 15.4. The number of ether oxygens (including phenoxy) is 1. The minimum Gasteiger partial charge on any atom is -0.379 e. The molecule has 1 N–H and O–H groups in total. The molecule has 0 saturated heterocycles. The third-order valence-electron chi connectivity index (χ3n) is 1.96. The van der Waals surface area contributed by atoms with Gasteiger partial charge in [-0.3, -0.25) is 9.59 Å². The zero-order valence-corrected chi connectivity index (χ0v) is 10.7. The highest BCUT2D eigenvalue weighted by molar-refractivity contribution is 7.80. The number of hydrogen-bond donors (Lipinski definition) is 2. The van der Waals surface area contributed by atoms with Gasteiger partial charge in [-0.2, -0.15) is 12.6 Å². The fourth-order valence-electron chi connectivity index (χ4n) is 1.17. The molecule has 0 aromatic heterocycles. The van der Waals surface area contributed by atoms with Crippen LogP contribution in [0.2, 0.25) is 0 Å². The van der Waals surface area contributed by atoms with Crippen LogP contribution in [0.1, 0.15) is 32.6 Å². The van der Waals surface area contributed by atoms with Gasteiger partial charge in [0.2, 0.25) is 5.91 Å². The van der Waals surface area contributed by atoms with Crippen LogP contribution in [-0.2, 0) is 14.3 Å². The Bertz CT molecular complexity index is 209. The van der Waals surface area contributed by atoms with Crippen LogP contribution in [0.5, 0.6) is 0 Å². The zero-order valence-electron chi connectivity index (χ0n) is 9.83. The Morgan fingerprint density at radius 3 is 2.56 bits per heavy atom. The molecule has 0 spiro atoms. The molecule has 0 unspecified atom stereocenters. The number of rotatable bonds is 10. The Hall–Kier alpha value is -0.550. The molecule has 0 aliphatic heterocycles. The van der Waals surface area contributed by atoms with Gasteiger partial charge in [0.25, 0.3) is 0 Å². The van der Waals surface area contributed by atoms with Crippen molar-refractivity contribution in [2.24, 2.45) is 0 Å². The van der Waals surface area contributed by atoms with E-state index in [-0.39, 0.29) is 18.1 Å². The fourth-order valence-corrected chi connectivity index (χ4v) is 1.30. The first-order valence-electron chi connectivity index (χ1n) is 5.67. The number of amides is 1. The van der Waals surface area contributed by atoms with Gasteiger partial charge in [-0.15, -0.1) is 0 Å². The maximum Gasteiger partial charge on any atom is 0.220 e. The molecule has 1 amide bonds. The second kappa shape index (κ2) is 11.0. The van der Waals surface area contributed by atoms with Crippen LogP contribution in [-0.4, -0.2) is 37.2 Å². The molecule has 94 valence electrons. The van der Waals surface area contributed by atoms with Gasteiger partial charge >= 0.3 is 0 Å².